The van der Waals surface area contributed by atoms with E-state index in [9.17, 15) is 4.39 Å². The Labute approximate surface area is 117 Å². The Morgan fingerprint density at radius 1 is 1.20 bits per heavy atom. The standard InChI is InChI=1S/C16H14FN3/c1-20-16(19)8-11-2-4-12(5-3-11)13-6-7-14(10-18)15(17)9-13/h2-7,9,16H,1,8,19H2/t16-/m1/s1. The maximum Gasteiger partial charge on any atom is 0.141 e. The summed E-state index contributed by atoms with van der Waals surface area (Å²) in [5, 5.41) is 8.71. The number of nitriles is 1. The molecule has 2 aromatic carbocycles. The normalized spacial score (nSPS) is 11.7. The highest BCUT2D eigenvalue weighted by atomic mass is 19.1. The third kappa shape index (κ3) is 3.08. The first-order valence-corrected chi connectivity index (χ1v) is 6.14. The molecular formula is C16H14FN3. The fourth-order valence-electron chi connectivity index (χ4n) is 1.92. The summed E-state index contributed by atoms with van der Waals surface area (Å²) < 4.78 is 13.6. The summed E-state index contributed by atoms with van der Waals surface area (Å²) in [6.07, 6.45) is 0.305. The highest BCUT2D eigenvalue weighted by Crippen LogP contribution is 2.22. The summed E-state index contributed by atoms with van der Waals surface area (Å²) in [4.78, 5) is 3.74. The van der Waals surface area contributed by atoms with Crippen molar-refractivity contribution in [1.29, 1.82) is 5.26 Å². The Morgan fingerprint density at radius 2 is 1.85 bits per heavy atom. The molecule has 0 saturated heterocycles. The fourth-order valence-corrected chi connectivity index (χ4v) is 1.92. The van der Waals surface area contributed by atoms with Crippen LogP contribution in [0.5, 0.6) is 0 Å². The van der Waals surface area contributed by atoms with Crippen molar-refractivity contribution in [2.45, 2.75) is 12.6 Å². The number of hydrogen-bond acceptors (Lipinski definition) is 3. The van der Waals surface area contributed by atoms with Crippen LogP contribution in [0.2, 0.25) is 0 Å². The predicted octanol–water partition coefficient (Wildman–Crippen LogP) is 2.89. The quantitative estimate of drug-likeness (QED) is 0.866. The van der Waals surface area contributed by atoms with Crippen LogP contribution < -0.4 is 5.73 Å². The van der Waals surface area contributed by atoms with Crippen LogP contribution >= 0.6 is 0 Å². The van der Waals surface area contributed by atoms with Crippen LogP contribution in [0.25, 0.3) is 11.1 Å². The molecule has 0 aliphatic heterocycles. The second kappa shape index (κ2) is 6.09. The van der Waals surface area contributed by atoms with E-state index in [2.05, 4.69) is 11.7 Å². The van der Waals surface area contributed by atoms with Crippen LogP contribution in [0.15, 0.2) is 47.5 Å². The van der Waals surface area contributed by atoms with E-state index in [1.165, 1.54) is 12.1 Å². The van der Waals surface area contributed by atoms with Crippen molar-refractivity contribution in [3.05, 3.63) is 59.4 Å². The van der Waals surface area contributed by atoms with Gasteiger partial charge in [0.25, 0.3) is 0 Å². The van der Waals surface area contributed by atoms with Gasteiger partial charge in [0.1, 0.15) is 18.1 Å². The van der Waals surface area contributed by atoms with Crippen molar-refractivity contribution >= 4 is 6.72 Å². The highest BCUT2D eigenvalue weighted by molar-refractivity contribution is 5.64. The minimum Gasteiger partial charge on any atom is -0.310 e. The van der Waals surface area contributed by atoms with E-state index in [-0.39, 0.29) is 11.7 Å². The Bertz CT molecular complexity index is 656. The number of nitrogens with zero attached hydrogens (tertiary/aromatic N) is 2. The van der Waals surface area contributed by atoms with Gasteiger partial charge in [-0.25, -0.2) is 4.39 Å². The van der Waals surface area contributed by atoms with E-state index >= 15 is 0 Å². The number of halogens is 1. The molecule has 20 heavy (non-hydrogen) atoms. The van der Waals surface area contributed by atoms with Crippen LogP contribution in [0.4, 0.5) is 4.39 Å². The lowest BCUT2D eigenvalue weighted by molar-refractivity contribution is 0.624. The smallest absolute Gasteiger partial charge is 0.141 e. The number of aliphatic imine (C=N–C) groups is 1. The van der Waals surface area contributed by atoms with Crippen LogP contribution in [0.1, 0.15) is 11.1 Å². The first-order chi connectivity index (χ1) is 9.63. The lowest BCUT2D eigenvalue weighted by Gasteiger charge is -2.07. The molecule has 2 rings (SSSR count). The maximum absolute atomic E-state index is 13.6. The minimum atomic E-state index is -0.507. The molecule has 2 N–H and O–H groups in total. The van der Waals surface area contributed by atoms with E-state index < -0.39 is 5.82 Å². The maximum atomic E-state index is 13.6. The van der Waals surface area contributed by atoms with Crippen molar-refractivity contribution in [1.82, 2.24) is 0 Å². The molecule has 0 radical (unpaired) electrons. The lowest BCUT2D eigenvalue weighted by Crippen LogP contribution is -2.19. The molecular weight excluding hydrogens is 253 g/mol. The number of rotatable bonds is 4. The van der Waals surface area contributed by atoms with Crippen molar-refractivity contribution in [3.63, 3.8) is 0 Å². The van der Waals surface area contributed by atoms with Gasteiger partial charge in [0.05, 0.1) is 5.56 Å². The molecule has 0 fully saturated rings. The Morgan fingerprint density at radius 3 is 2.40 bits per heavy atom. The topological polar surface area (TPSA) is 62.2 Å². The fraction of sp³-hybridized carbons (Fsp3) is 0.125. The molecule has 0 heterocycles. The van der Waals surface area contributed by atoms with E-state index in [1.807, 2.05) is 24.3 Å². The molecule has 0 aliphatic rings. The third-order valence-corrected chi connectivity index (χ3v) is 3.06. The van der Waals surface area contributed by atoms with Gasteiger partial charge in [-0.15, -0.1) is 0 Å². The summed E-state index contributed by atoms with van der Waals surface area (Å²) in [6.45, 7) is 3.40. The molecule has 0 amide bonds. The second-order valence-electron chi connectivity index (χ2n) is 4.46. The lowest BCUT2D eigenvalue weighted by atomic mass is 10.0. The van der Waals surface area contributed by atoms with Crippen molar-refractivity contribution in [2.75, 3.05) is 0 Å². The third-order valence-electron chi connectivity index (χ3n) is 3.06. The number of benzene rings is 2. The van der Waals surface area contributed by atoms with Gasteiger partial charge in [0, 0.05) is 6.42 Å². The van der Waals surface area contributed by atoms with E-state index in [0.29, 0.717) is 6.42 Å². The molecule has 1 atom stereocenters. The average Bonchev–Trinajstić information content (AvgIpc) is 2.47. The van der Waals surface area contributed by atoms with Crippen LogP contribution in [-0.4, -0.2) is 12.9 Å². The molecule has 0 spiro atoms. The van der Waals surface area contributed by atoms with Crippen LogP contribution in [0.3, 0.4) is 0 Å². The van der Waals surface area contributed by atoms with Crippen molar-refractivity contribution in [2.24, 2.45) is 10.7 Å². The zero-order valence-electron chi connectivity index (χ0n) is 10.9. The van der Waals surface area contributed by atoms with Gasteiger partial charge < -0.3 is 5.73 Å². The van der Waals surface area contributed by atoms with Crippen molar-refractivity contribution < 1.29 is 4.39 Å². The highest BCUT2D eigenvalue weighted by Gasteiger charge is 2.05. The van der Waals surface area contributed by atoms with E-state index in [1.54, 1.807) is 12.1 Å². The molecule has 0 saturated carbocycles. The van der Waals surface area contributed by atoms with Gasteiger partial charge in [0.15, 0.2) is 0 Å². The van der Waals surface area contributed by atoms with Gasteiger partial charge in [-0.2, -0.15) is 5.26 Å². The first kappa shape index (κ1) is 13.9. The van der Waals surface area contributed by atoms with Gasteiger partial charge >= 0.3 is 0 Å². The summed E-state index contributed by atoms with van der Waals surface area (Å²) in [5.74, 6) is -0.507. The van der Waals surface area contributed by atoms with Gasteiger partial charge in [-0.3, -0.25) is 4.99 Å². The average molecular weight is 267 g/mol. The molecule has 0 aromatic heterocycles. The van der Waals surface area contributed by atoms with Crippen molar-refractivity contribution in [3.8, 4) is 17.2 Å². The molecule has 0 aliphatic carbocycles. The van der Waals surface area contributed by atoms with E-state index in [0.717, 1.165) is 16.7 Å². The Balaban J connectivity index is 2.24. The number of nitrogens with two attached hydrogens (primary N) is 1. The van der Waals surface area contributed by atoms with Gasteiger partial charge in [-0.05, 0) is 35.5 Å². The zero-order chi connectivity index (χ0) is 14.5. The zero-order valence-corrected chi connectivity index (χ0v) is 10.9. The van der Waals surface area contributed by atoms with Gasteiger partial charge in [0.2, 0.25) is 0 Å². The van der Waals surface area contributed by atoms with Crippen LogP contribution in [0, 0.1) is 17.1 Å². The molecule has 2 aromatic rings. The summed E-state index contributed by atoms with van der Waals surface area (Å²) in [5.41, 5.74) is 8.41. The molecule has 4 heteroatoms. The molecule has 3 nitrogen and oxygen atoms in total. The first-order valence-electron chi connectivity index (χ1n) is 6.14. The monoisotopic (exact) mass is 267 g/mol. The van der Waals surface area contributed by atoms with Gasteiger partial charge in [-0.1, -0.05) is 30.3 Å². The SMILES string of the molecule is C=N[C@@H](N)Cc1ccc(-c2ccc(C#N)c(F)c2)cc1. The second-order valence-corrected chi connectivity index (χ2v) is 4.46. The molecule has 100 valence electrons. The Hall–Kier alpha value is -2.51. The summed E-state index contributed by atoms with van der Waals surface area (Å²) in [6, 6.07) is 14.0. The molecule has 0 bridgehead atoms. The summed E-state index contributed by atoms with van der Waals surface area (Å²) >= 11 is 0. The van der Waals surface area contributed by atoms with E-state index in [4.69, 9.17) is 11.0 Å². The minimum absolute atomic E-state index is 0.0494. The van der Waals surface area contributed by atoms with Crippen LogP contribution in [-0.2, 0) is 6.42 Å². The Kier molecular flexibility index (Phi) is 4.24. The number of hydrogen-bond donors (Lipinski definition) is 1. The predicted molar refractivity (Wildman–Crippen MR) is 77.8 cm³/mol. The summed E-state index contributed by atoms with van der Waals surface area (Å²) in [7, 11) is 0. The largest absolute Gasteiger partial charge is 0.310 e. The molecule has 0 unspecified atom stereocenters.